The highest BCUT2D eigenvalue weighted by atomic mass is 16.1. The van der Waals surface area contributed by atoms with Gasteiger partial charge in [-0.15, -0.1) is 0 Å². The number of nitrogens with one attached hydrogen (secondary N) is 2. The average Bonchev–Trinajstić information content (AvgIpc) is 2.66. The summed E-state index contributed by atoms with van der Waals surface area (Å²) in [5.74, 6) is 1.43. The van der Waals surface area contributed by atoms with Crippen molar-refractivity contribution in [3.63, 3.8) is 0 Å². The first-order valence-corrected chi connectivity index (χ1v) is 6.05. The van der Waals surface area contributed by atoms with Gasteiger partial charge in [0.05, 0.1) is 6.20 Å². The molecular formula is C12H19N3O. The lowest BCUT2D eigenvalue weighted by Gasteiger charge is -2.20. The first-order chi connectivity index (χ1) is 7.75. The standard InChI is InChI=1S/C12H19N3O/c1-9-8-13-15-12(9)14-11(16)7-10-5-3-2-4-6-10/h8,10H,2-7H2,1H3,(H2,13,14,15,16). The van der Waals surface area contributed by atoms with Crippen LogP contribution in [0.15, 0.2) is 6.20 Å². The summed E-state index contributed by atoms with van der Waals surface area (Å²) in [7, 11) is 0. The molecule has 0 spiro atoms. The molecule has 1 amide bonds. The van der Waals surface area contributed by atoms with E-state index in [4.69, 9.17) is 0 Å². The minimum Gasteiger partial charge on any atom is -0.311 e. The molecule has 1 heterocycles. The third-order valence-electron chi connectivity index (χ3n) is 3.29. The number of aryl methyl sites for hydroxylation is 1. The van der Waals surface area contributed by atoms with Crippen LogP contribution in [0.25, 0.3) is 0 Å². The van der Waals surface area contributed by atoms with Gasteiger partial charge in [0.2, 0.25) is 5.91 Å². The number of anilines is 1. The zero-order valence-electron chi connectivity index (χ0n) is 9.75. The molecule has 0 radical (unpaired) electrons. The predicted octanol–water partition coefficient (Wildman–Crippen LogP) is 2.63. The van der Waals surface area contributed by atoms with Gasteiger partial charge in [0.15, 0.2) is 0 Å². The quantitative estimate of drug-likeness (QED) is 0.824. The summed E-state index contributed by atoms with van der Waals surface area (Å²) in [5, 5.41) is 9.55. The molecule has 0 unspecified atom stereocenters. The Morgan fingerprint density at radius 2 is 2.25 bits per heavy atom. The van der Waals surface area contributed by atoms with Crippen LogP contribution < -0.4 is 5.32 Å². The van der Waals surface area contributed by atoms with Crippen LogP contribution in [0, 0.1) is 12.8 Å². The van der Waals surface area contributed by atoms with Crippen molar-refractivity contribution < 1.29 is 4.79 Å². The van der Waals surface area contributed by atoms with Crippen LogP contribution in [0.5, 0.6) is 0 Å². The van der Waals surface area contributed by atoms with E-state index in [0.29, 0.717) is 12.3 Å². The van der Waals surface area contributed by atoms with Crippen LogP contribution in [-0.2, 0) is 4.79 Å². The van der Waals surface area contributed by atoms with Gasteiger partial charge < -0.3 is 5.32 Å². The number of hydrogen-bond acceptors (Lipinski definition) is 2. The third kappa shape index (κ3) is 2.84. The van der Waals surface area contributed by atoms with Gasteiger partial charge in [0.25, 0.3) is 0 Å². The monoisotopic (exact) mass is 221 g/mol. The fraction of sp³-hybridized carbons (Fsp3) is 0.667. The number of nitrogens with zero attached hydrogens (tertiary/aromatic N) is 1. The Bertz CT molecular complexity index is 353. The van der Waals surface area contributed by atoms with Crippen LogP contribution in [0.4, 0.5) is 5.82 Å². The molecule has 4 heteroatoms. The van der Waals surface area contributed by atoms with E-state index in [0.717, 1.165) is 11.4 Å². The molecule has 2 rings (SSSR count). The second-order valence-electron chi connectivity index (χ2n) is 4.68. The Morgan fingerprint density at radius 3 is 2.88 bits per heavy atom. The molecule has 0 atom stereocenters. The van der Waals surface area contributed by atoms with Crippen molar-refractivity contribution in [1.29, 1.82) is 0 Å². The lowest BCUT2D eigenvalue weighted by molar-refractivity contribution is -0.117. The first kappa shape index (κ1) is 11.2. The first-order valence-electron chi connectivity index (χ1n) is 6.05. The maximum Gasteiger partial charge on any atom is 0.225 e. The molecule has 1 aromatic rings. The van der Waals surface area contributed by atoms with Crippen LogP contribution in [-0.4, -0.2) is 16.1 Å². The van der Waals surface area contributed by atoms with Crippen molar-refractivity contribution in [2.24, 2.45) is 5.92 Å². The maximum absolute atomic E-state index is 11.8. The van der Waals surface area contributed by atoms with Crippen molar-refractivity contribution in [2.75, 3.05) is 5.32 Å². The molecule has 0 aromatic carbocycles. The maximum atomic E-state index is 11.8. The van der Waals surface area contributed by atoms with Crippen LogP contribution in [0.3, 0.4) is 0 Å². The topological polar surface area (TPSA) is 57.8 Å². The number of rotatable bonds is 3. The van der Waals surface area contributed by atoms with Crippen molar-refractivity contribution in [3.8, 4) is 0 Å². The van der Waals surface area contributed by atoms with E-state index in [1.807, 2.05) is 6.92 Å². The lowest BCUT2D eigenvalue weighted by atomic mass is 9.87. The smallest absolute Gasteiger partial charge is 0.225 e. The minimum atomic E-state index is 0.110. The zero-order valence-corrected chi connectivity index (χ0v) is 9.75. The summed E-state index contributed by atoms with van der Waals surface area (Å²) in [5.41, 5.74) is 0.983. The molecule has 1 aromatic heterocycles. The average molecular weight is 221 g/mol. The third-order valence-corrected chi connectivity index (χ3v) is 3.29. The fourth-order valence-electron chi connectivity index (χ4n) is 2.32. The van der Waals surface area contributed by atoms with E-state index in [1.165, 1.54) is 32.1 Å². The van der Waals surface area contributed by atoms with E-state index in [-0.39, 0.29) is 5.91 Å². The van der Waals surface area contributed by atoms with Gasteiger partial charge in [-0.05, 0) is 25.7 Å². The van der Waals surface area contributed by atoms with E-state index >= 15 is 0 Å². The van der Waals surface area contributed by atoms with Gasteiger partial charge in [0, 0.05) is 12.0 Å². The number of carbonyl (C=O) groups excluding carboxylic acids is 1. The second-order valence-corrected chi connectivity index (χ2v) is 4.68. The molecule has 1 fully saturated rings. The van der Waals surface area contributed by atoms with Crippen molar-refractivity contribution in [3.05, 3.63) is 11.8 Å². The SMILES string of the molecule is Cc1cn[nH]c1NC(=O)CC1CCCCC1. The molecule has 0 bridgehead atoms. The second kappa shape index (κ2) is 5.14. The van der Waals surface area contributed by atoms with Gasteiger partial charge in [-0.1, -0.05) is 19.3 Å². The molecule has 0 aliphatic heterocycles. The number of amides is 1. The van der Waals surface area contributed by atoms with Crippen LogP contribution >= 0.6 is 0 Å². The lowest BCUT2D eigenvalue weighted by Crippen LogP contribution is -2.18. The Hall–Kier alpha value is -1.32. The van der Waals surface area contributed by atoms with Gasteiger partial charge >= 0.3 is 0 Å². The molecule has 88 valence electrons. The van der Waals surface area contributed by atoms with E-state index in [1.54, 1.807) is 6.20 Å². The summed E-state index contributed by atoms with van der Waals surface area (Å²) in [6, 6.07) is 0. The van der Waals surface area contributed by atoms with Gasteiger partial charge in [0.1, 0.15) is 5.82 Å². The number of aromatic amines is 1. The number of carbonyl (C=O) groups is 1. The van der Waals surface area contributed by atoms with E-state index < -0.39 is 0 Å². The Labute approximate surface area is 95.8 Å². The molecular weight excluding hydrogens is 202 g/mol. The molecule has 1 aliphatic carbocycles. The zero-order chi connectivity index (χ0) is 11.4. The number of hydrogen-bond donors (Lipinski definition) is 2. The molecule has 1 saturated carbocycles. The summed E-state index contributed by atoms with van der Waals surface area (Å²) in [6.07, 6.45) is 8.67. The van der Waals surface area contributed by atoms with Crippen molar-refractivity contribution in [1.82, 2.24) is 10.2 Å². The fourth-order valence-corrected chi connectivity index (χ4v) is 2.32. The van der Waals surface area contributed by atoms with E-state index in [2.05, 4.69) is 15.5 Å². The highest BCUT2D eigenvalue weighted by Gasteiger charge is 2.17. The largest absolute Gasteiger partial charge is 0.311 e. The Kier molecular flexibility index (Phi) is 3.59. The summed E-state index contributed by atoms with van der Waals surface area (Å²) >= 11 is 0. The predicted molar refractivity (Wildman–Crippen MR) is 63.1 cm³/mol. The number of H-pyrrole nitrogens is 1. The highest BCUT2D eigenvalue weighted by Crippen LogP contribution is 2.26. The number of aromatic nitrogens is 2. The summed E-state index contributed by atoms with van der Waals surface area (Å²) in [4.78, 5) is 11.8. The minimum absolute atomic E-state index is 0.110. The molecule has 4 nitrogen and oxygen atoms in total. The van der Waals surface area contributed by atoms with Crippen molar-refractivity contribution in [2.45, 2.75) is 45.4 Å². The van der Waals surface area contributed by atoms with Gasteiger partial charge in [-0.2, -0.15) is 5.10 Å². The van der Waals surface area contributed by atoms with Crippen molar-refractivity contribution >= 4 is 11.7 Å². The Balaban J connectivity index is 1.82. The molecule has 2 N–H and O–H groups in total. The summed E-state index contributed by atoms with van der Waals surface area (Å²) in [6.45, 7) is 1.93. The van der Waals surface area contributed by atoms with Gasteiger partial charge in [-0.3, -0.25) is 9.89 Å². The molecule has 0 saturated heterocycles. The van der Waals surface area contributed by atoms with Gasteiger partial charge in [-0.25, -0.2) is 0 Å². The van der Waals surface area contributed by atoms with Crippen LogP contribution in [0.2, 0.25) is 0 Å². The normalized spacial score (nSPS) is 17.3. The molecule has 16 heavy (non-hydrogen) atoms. The Morgan fingerprint density at radius 1 is 1.50 bits per heavy atom. The van der Waals surface area contributed by atoms with Crippen LogP contribution in [0.1, 0.15) is 44.1 Å². The molecule has 1 aliphatic rings. The van der Waals surface area contributed by atoms with E-state index in [9.17, 15) is 4.79 Å². The highest BCUT2D eigenvalue weighted by molar-refractivity contribution is 5.90. The summed E-state index contributed by atoms with van der Waals surface area (Å²) < 4.78 is 0.